The lowest BCUT2D eigenvalue weighted by atomic mass is 10.5. The fourth-order valence-corrected chi connectivity index (χ4v) is 0.695. The van der Waals surface area contributed by atoms with Crippen LogP contribution in [0.25, 0.3) is 0 Å². The summed E-state index contributed by atoms with van der Waals surface area (Å²) < 4.78 is 19.1. The highest BCUT2D eigenvalue weighted by molar-refractivity contribution is 4.28. The molecule has 0 spiro atoms. The van der Waals surface area contributed by atoms with Crippen molar-refractivity contribution in [3.8, 4) is 0 Å². The van der Waals surface area contributed by atoms with Crippen LogP contribution < -0.4 is 0 Å². The lowest BCUT2D eigenvalue weighted by Gasteiger charge is -1.94. The molecule has 0 N–H and O–H groups in total. The molecule has 0 bridgehead atoms. The second-order valence-corrected chi connectivity index (χ2v) is 2.68. The molecule has 0 unspecified atom stereocenters. The van der Waals surface area contributed by atoms with Gasteiger partial charge in [-0.25, -0.2) is 0 Å². The van der Waals surface area contributed by atoms with Gasteiger partial charge >= 0.3 is 0 Å². The minimum absolute atomic E-state index is 0.799. The fraction of sp³-hybridized carbons (Fsp3) is 1.00. The van der Waals surface area contributed by atoms with Crippen molar-refractivity contribution >= 4 is 0 Å². The van der Waals surface area contributed by atoms with Crippen LogP contribution in [0.2, 0.25) is 0 Å². The maximum absolute atomic E-state index is 4.76. The molecule has 4 heteroatoms. The molecule has 0 aromatic rings. The van der Waals surface area contributed by atoms with Crippen LogP contribution in [0.5, 0.6) is 0 Å². The summed E-state index contributed by atoms with van der Waals surface area (Å²) in [6, 6.07) is 0. The molecular weight excluding hydrogens is 184 g/mol. The Bertz CT molecular complexity index is 60.5. The molecule has 0 aliphatic heterocycles. The minimum Gasteiger partial charge on any atom is -0.385 e. The van der Waals surface area contributed by atoms with Crippen molar-refractivity contribution in [2.24, 2.45) is 0 Å². The molecule has 0 atom stereocenters. The fourth-order valence-electron chi connectivity index (χ4n) is 0.695. The second kappa shape index (κ2) is 18.6. The van der Waals surface area contributed by atoms with Crippen LogP contribution in [-0.4, -0.2) is 54.9 Å². The Hall–Kier alpha value is -0.160. The molecule has 0 fully saturated rings. The van der Waals surface area contributed by atoms with E-state index in [1.165, 1.54) is 0 Å². The molecule has 0 aliphatic carbocycles. The SMILES string of the molecule is COCCCOC.COCCCOC. The topological polar surface area (TPSA) is 36.9 Å². The van der Waals surface area contributed by atoms with E-state index in [2.05, 4.69) is 0 Å². The van der Waals surface area contributed by atoms with Crippen LogP contribution in [0, 0.1) is 0 Å². The highest BCUT2D eigenvalue weighted by Crippen LogP contribution is 1.78. The van der Waals surface area contributed by atoms with Crippen LogP contribution in [0.1, 0.15) is 12.8 Å². The predicted octanol–water partition coefficient (Wildman–Crippen LogP) is 1.34. The van der Waals surface area contributed by atoms with E-state index in [-0.39, 0.29) is 0 Å². The van der Waals surface area contributed by atoms with E-state index < -0.39 is 0 Å². The van der Waals surface area contributed by atoms with Crippen LogP contribution in [0.15, 0.2) is 0 Å². The average molecular weight is 208 g/mol. The highest BCUT2D eigenvalue weighted by Gasteiger charge is 1.80. The van der Waals surface area contributed by atoms with Gasteiger partial charge in [0.1, 0.15) is 0 Å². The molecule has 0 aliphatic rings. The smallest absolute Gasteiger partial charge is 0.0484 e. The maximum atomic E-state index is 4.76. The number of hydrogen-bond donors (Lipinski definition) is 0. The quantitative estimate of drug-likeness (QED) is 0.564. The van der Waals surface area contributed by atoms with Gasteiger partial charge in [0, 0.05) is 54.9 Å². The molecule has 0 aromatic carbocycles. The van der Waals surface area contributed by atoms with Crippen molar-refractivity contribution in [1.29, 1.82) is 0 Å². The molecule has 0 amide bonds. The van der Waals surface area contributed by atoms with Gasteiger partial charge in [-0.05, 0) is 12.8 Å². The molecule has 88 valence electrons. The van der Waals surface area contributed by atoms with E-state index in [4.69, 9.17) is 18.9 Å². The number of methoxy groups -OCH3 is 4. The van der Waals surface area contributed by atoms with E-state index in [0.717, 1.165) is 39.3 Å². The first kappa shape index (κ1) is 16.3. The number of rotatable bonds is 8. The Morgan fingerprint density at radius 1 is 0.500 bits per heavy atom. The predicted molar refractivity (Wildman–Crippen MR) is 56.7 cm³/mol. The Labute approximate surface area is 87.5 Å². The van der Waals surface area contributed by atoms with Gasteiger partial charge < -0.3 is 18.9 Å². The summed E-state index contributed by atoms with van der Waals surface area (Å²) in [6.45, 7) is 3.20. The first-order valence-electron chi connectivity index (χ1n) is 4.79. The van der Waals surface area contributed by atoms with Gasteiger partial charge in [-0.3, -0.25) is 0 Å². The summed E-state index contributed by atoms with van der Waals surface area (Å²) >= 11 is 0. The van der Waals surface area contributed by atoms with Gasteiger partial charge in [-0.15, -0.1) is 0 Å². The monoisotopic (exact) mass is 208 g/mol. The van der Waals surface area contributed by atoms with Crippen LogP contribution >= 0.6 is 0 Å². The molecule has 0 saturated carbocycles. The third-order valence-corrected chi connectivity index (χ3v) is 1.39. The highest BCUT2D eigenvalue weighted by atomic mass is 16.5. The van der Waals surface area contributed by atoms with Gasteiger partial charge in [0.2, 0.25) is 0 Å². The minimum atomic E-state index is 0.799. The average Bonchev–Trinajstić information content (AvgIpc) is 2.21. The maximum Gasteiger partial charge on any atom is 0.0484 e. The van der Waals surface area contributed by atoms with Gasteiger partial charge in [0.05, 0.1) is 0 Å². The molecule has 14 heavy (non-hydrogen) atoms. The van der Waals surface area contributed by atoms with Crippen LogP contribution in [-0.2, 0) is 18.9 Å². The van der Waals surface area contributed by atoms with E-state index in [0.29, 0.717) is 0 Å². The standard InChI is InChI=1S/2C5H12O2/c2*1-6-4-3-5-7-2/h2*3-5H2,1-2H3. The normalized spacial score (nSPS) is 9.43. The first-order valence-corrected chi connectivity index (χ1v) is 4.79. The van der Waals surface area contributed by atoms with Crippen LogP contribution in [0.4, 0.5) is 0 Å². The summed E-state index contributed by atoms with van der Waals surface area (Å²) in [6.07, 6.45) is 1.99. The van der Waals surface area contributed by atoms with Gasteiger partial charge in [-0.1, -0.05) is 0 Å². The third kappa shape index (κ3) is 22.6. The van der Waals surface area contributed by atoms with Crippen molar-refractivity contribution in [3.63, 3.8) is 0 Å². The zero-order chi connectivity index (χ0) is 11.1. The van der Waals surface area contributed by atoms with E-state index in [9.17, 15) is 0 Å². The van der Waals surface area contributed by atoms with E-state index in [1.807, 2.05) is 0 Å². The largest absolute Gasteiger partial charge is 0.385 e. The zero-order valence-electron chi connectivity index (χ0n) is 9.88. The van der Waals surface area contributed by atoms with E-state index in [1.54, 1.807) is 28.4 Å². The second-order valence-electron chi connectivity index (χ2n) is 2.68. The Morgan fingerprint density at radius 3 is 0.857 bits per heavy atom. The molecule has 0 radical (unpaired) electrons. The number of hydrogen-bond acceptors (Lipinski definition) is 4. The van der Waals surface area contributed by atoms with Crippen molar-refractivity contribution < 1.29 is 18.9 Å². The van der Waals surface area contributed by atoms with Gasteiger partial charge in [-0.2, -0.15) is 0 Å². The van der Waals surface area contributed by atoms with Crippen molar-refractivity contribution in [1.82, 2.24) is 0 Å². The van der Waals surface area contributed by atoms with E-state index >= 15 is 0 Å². The number of ether oxygens (including phenoxy) is 4. The summed E-state index contributed by atoms with van der Waals surface area (Å²) in [5, 5.41) is 0. The van der Waals surface area contributed by atoms with Crippen LogP contribution in [0.3, 0.4) is 0 Å². The lowest BCUT2D eigenvalue weighted by molar-refractivity contribution is 0.138. The Kier molecular flexibility index (Phi) is 21.6. The zero-order valence-corrected chi connectivity index (χ0v) is 9.88. The first-order chi connectivity index (χ1) is 6.83. The molecule has 0 aromatic heterocycles. The van der Waals surface area contributed by atoms with Gasteiger partial charge in [0.15, 0.2) is 0 Å². The molecule has 4 nitrogen and oxygen atoms in total. The summed E-state index contributed by atoms with van der Waals surface area (Å²) in [7, 11) is 6.76. The summed E-state index contributed by atoms with van der Waals surface area (Å²) in [5.41, 5.74) is 0. The van der Waals surface area contributed by atoms with Crippen molar-refractivity contribution in [2.45, 2.75) is 12.8 Å². The summed E-state index contributed by atoms with van der Waals surface area (Å²) in [4.78, 5) is 0. The molecular formula is C10H24O4. The third-order valence-electron chi connectivity index (χ3n) is 1.39. The Balaban J connectivity index is 0. The molecule has 0 heterocycles. The lowest BCUT2D eigenvalue weighted by Crippen LogP contribution is -1.94. The summed E-state index contributed by atoms with van der Waals surface area (Å²) in [5.74, 6) is 0. The molecule has 0 rings (SSSR count). The van der Waals surface area contributed by atoms with Gasteiger partial charge in [0.25, 0.3) is 0 Å². The Morgan fingerprint density at radius 2 is 0.714 bits per heavy atom. The van der Waals surface area contributed by atoms with Crippen molar-refractivity contribution in [3.05, 3.63) is 0 Å². The molecule has 0 saturated heterocycles. The van der Waals surface area contributed by atoms with Crippen molar-refractivity contribution in [2.75, 3.05) is 54.9 Å².